The van der Waals surface area contributed by atoms with Gasteiger partial charge in [0.25, 0.3) is 11.8 Å². The van der Waals surface area contributed by atoms with Crippen molar-refractivity contribution >= 4 is 23.3 Å². The van der Waals surface area contributed by atoms with E-state index in [0.717, 1.165) is 5.56 Å². The van der Waals surface area contributed by atoms with E-state index in [4.69, 9.17) is 9.26 Å². The van der Waals surface area contributed by atoms with Crippen molar-refractivity contribution < 1.29 is 18.8 Å². The van der Waals surface area contributed by atoms with Gasteiger partial charge < -0.3 is 19.9 Å². The van der Waals surface area contributed by atoms with Crippen molar-refractivity contribution in [3.63, 3.8) is 0 Å². The monoisotopic (exact) mass is 365 g/mol. The maximum atomic E-state index is 12.5. The molecule has 0 saturated carbocycles. The van der Waals surface area contributed by atoms with Crippen LogP contribution in [0.5, 0.6) is 5.75 Å². The standard InChI is InChI=1S/C20H19N3O4/c1-12-4-9-17(26-3)16(10-12)21-19(24)14-5-7-15(8-6-14)20(25)22-18-11-13(2)27-23-18/h4-11H,1-3H3,(H,21,24)(H,22,23,25). The molecule has 0 bridgehead atoms. The Morgan fingerprint density at radius 3 is 2.11 bits per heavy atom. The van der Waals surface area contributed by atoms with E-state index in [2.05, 4.69) is 15.8 Å². The normalized spacial score (nSPS) is 10.3. The van der Waals surface area contributed by atoms with Gasteiger partial charge in [0.05, 0.1) is 12.8 Å². The van der Waals surface area contributed by atoms with Gasteiger partial charge in [0.2, 0.25) is 0 Å². The van der Waals surface area contributed by atoms with E-state index in [1.165, 1.54) is 0 Å². The molecule has 2 N–H and O–H groups in total. The second-order valence-electron chi connectivity index (χ2n) is 6.01. The predicted molar refractivity (Wildman–Crippen MR) is 101 cm³/mol. The van der Waals surface area contributed by atoms with Gasteiger partial charge in [0.1, 0.15) is 11.5 Å². The minimum Gasteiger partial charge on any atom is -0.495 e. The van der Waals surface area contributed by atoms with Crippen molar-refractivity contribution in [1.82, 2.24) is 5.16 Å². The Kier molecular flexibility index (Phi) is 5.21. The lowest BCUT2D eigenvalue weighted by Crippen LogP contribution is -2.15. The number of carbonyl (C=O) groups excluding carboxylic acids is 2. The number of carbonyl (C=O) groups is 2. The molecule has 138 valence electrons. The lowest BCUT2D eigenvalue weighted by atomic mass is 10.1. The van der Waals surface area contributed by atoms with Crippen LogP contribution in [0.3, 0.4) is 0 Å². The van der Waals surface area contributed by atoms with Gasteiger partial charge in [-0.15, -0.1) is 0 Å². The van der Waals surface area contributed by atoms with Crippen LogP contribution in [0.2, 0.25) is 0 Å². The Morgan fingerprint density at radius 1 is 0.926 bits per heavy atom. The first-order chi connectivity index (χ1) is 13.0. The maximum absolute atomic E-state index is 12.5. The lowest BCUT2D eigenvalue weighted by Gasteiger charge is -2.11. The molecule has 27 heavy (non-hydrogen) atoms. The van der Waals surface area contributed by atoms with Crippen molar-refractivity contribution in [2.24, 2.45) is 0 Å². The molecule has 0 aliphatic heterocycles. The summed E-state index contributed by atoms with van der Waals surface area (Å²) < 4.78 is 10.2. The highest BCUT2D eigenvalue weighted by atomic mass is 16.5. The summed E-state index contributed by atoms with van der Waals surface area (Å²) in [7, 11) is 1.55. The van der Waals surface area contributed by atoms with Gasteiger partial charge in [0, 0.05) is 17.2 Å². The molecule has 1 aromatic heterocycles. The van der Waals surface area contributed by atoms with Crippen LogP contribution in [0, 0.1) is 13.8 Å². The zero-order valence-electron chi connectivity index (χ0n) is 15.2. The van der Waals surface area contributed by atoms with Crippen molar-refractivity contribution in [2.45, 2.75) is 13.8 Å². The molecular weight excluding hydrogens is 346 g/mol. The number of aromatic nitrogens is 1. The molecule has 7 nitrogen and oxygen atoms in total. The molecular formula is C20H19N3O4. The molecule has 0 aliphatic carbocycles. The van der Waals surface area contributed by atoms with E-state index < -0.39 is 0 Å². The van der Waals surface area contributed by atoms with E-state index >= 15 is 0 Å². The van der Waals surface area contributed by atoms with Crippen LogP contribution in [-0.4, -0.2) is 24.1 Å². The number of nitrogens with zero attached hydrogens (tertiary/aromatic N) is 1. The number of anilines is 2. The first-order valence-corrected chi connectivity index (χ1v) is 8.27. The molecule has 3 aromatic rings. The third-order valence-corrected chi connectivity index (χ3v) is 3.88. The van der Waals surface area contributed by atoms with Gasteiger partial charge >= 0.3 is 0 Å². The lowest BCUT2D eigenvalue weighted by molar-refractivity contribution is 0.101. The highest BCUT2D eigenvalue weighted by molar-refractivity contribution is 6.07. The third kappa shape index (κ3) is 4.33. The van der Waals surface area contributed by atoms with E-state index in [-0.39, 0.29) is 11.8 Å². The van der Waals surface area contributed by atoms with Crippen molar-refractivity contribution in [3.8, 4) is 5.75 Å². The first kappa shape index (κ1) is 18.2. The Balaban J connectivity index is 1.70. The van der Waals surface area contributed by atoms with E-state index in [9.17, 15) is 9.59 Å². The molecule has 0 spiro atoms. The molecule has 0 radical (unpaired) electrons. The Labute approximate surface area is 156 Å². The number of ether oxygens (including phenoxy) is 1. The van der Waals surface area contributed by atoms with Crippen LogP contribution in [0.15, 0.2) is 53.1 Å². The Bertz CT molecular complexity index is 977. The molecule has 0 unspecified atom stereocenters. The zero-order chi connectivity index (χ0) is 19.4. The number of methoxy groups -OCH3 is 1. The average molecular weight is 365 g/mol. The summed E-state index contributed by atoms with van der Waals surface area (Å²) in [6.45, 7) is 3.66. The van der Waals surface area contributed by atoms with Gasteiger partial charge in [-0.3, -0.25) is 9.59 Å². The van der Waals surface area contributed by atoms with Crippen LogP contribution in [0.25, 0.3) is 0 Å². The molecule has 0 atom stereocenters. The van der Waals surface area contributed by atoms with Crippen molar-refractivity contribution in [1.29, 1.82) is 0 Å². The summed E-state index contributed by atoms with van der Waals surface area (Å²) in [4.78, 5) is 24.7. The van der Waals surface area contributed by atoms with Crippen molar-refractivity contribution in [3.05, 3.63) is 71.0 Å². The Hall–Kier alpha value is -3.61. The fourth-order valence-corrected chi connectivity index (χ4v) is 2.50. The largest absolute Gasteiger partial charge is 0.495 e. The number of aryl methyl sites for hydroxylation is 2. The highest BCUT2D eigenvalue weighted by Crippen LogP contribution is 2.25. The summed E-state index contributed by atoms with van der Waals surface area (Å²) in [6.07, 6.45) is 0. The number of nitrogens with one attached hydrogen (secondary N) is 2. The molecule has 0 saturated heterocycles. The van der Waals surface area contributed by atoms with E-state index in [1.54, 1.807) is 50.4 Å². The third-order valence-electron chi connectivity index (χ3n) is 3.88. The Morgan fingerprint density at radius 2 is 1.56 bits per heavy atom. The summed E-state index contributed by atoms with van der Waals surface area (Å²) in [6, 6.07) is 13.5. The smallest absolute Gasteiger partial charge is 0.256 e. The molecule has 7 heteroatoms. The van der Waals surface area contributed by atoms with E-state index in [0.29, 0.717) is 34.1 Å². The van der Waals surface area contributed by atoms with Gasteiger partial charge in [0.15, 0.2) is 5.82 Å². The first-order valence-electron chi connectivity index (χ1n) is 8.27. The maximum Gasteiger partial charge on any atom is 0.256 e. The molecule has 0 aliphatic rings. The topological polar surface area (TPSA) is 93.5 Å². The van der Waals surface area contributed by atoms with Crippen LogP contribution < -0.4 is 15.4 Å². The molecule has 2 amide bonds. The quantitative estimate of drug-likeness (QED) is 0.717. The molecule has 2 aromatic carbocycles. The fraction of sp³-hybridized carbons (Fsp3) is 0.150. The molecule has 0 fully saturated rings. The minimum atomic E-state index is -0.337. The second-order valence-corrected chi connectivity index (χ2v) is 6.01. The zero-order valence-corrected chi connectivity index (χ0v) is 15.2. The van der Waals surface area contributed by atoms with Crippen LogP contribution in [-0.2, 0) is 0 Å². The van der Waals surface area contributed by atoms with Gasteiger partial charge in [-0.25, -0.2) is 0 Å². The number of hydrogen-bond donors (Lipinski definition) is 2. The SMILES string of the molecule is COc1ccc(C)cc1NC(=O)c1ccc(C(=O)Nc2cc(C)on2)cc1. The summed E-state index contributed by atoms with van der Waals surface area (Å²) in [5.74, 6) is 0.885. The number of rotatable bonds is 5. The predicted octanol–water partition coefficient (Wildman–Crippen LogP) is 3.80. The second kappa shape index (κ2) is 7.74. The van der Waals surface area contributed by atoms with Gasteiger partial charge in [-0.2, -0.15) is 0 Å². The summed E-state index contributed by atoms with van der Waals surface area (Å²) in [5, 5.41) is 9.17. The summed E-state index contributed by atoms with van der Waals surface area (Å²) in [5.41, 5.74) is 2.42. The van der Waals surface area contributed by atoms with Crippen LogP contribution in [0.1, 0.15) is 32.0 Å². The van der Waals surface area contributed by atoms with Gasteiger partial charge in [-0.05, 0) is 55.8 Å². The van der Waals surface area contributed by atoms with Crippen molar-refractivity contribution in [2.75, 3.05) is 17.7 Å². The minimum absolute atomic E-state index is 0.294. The summed E-state index contributed by atoms with van der Waals surface area (Å²) >= 11 is 0. The molecule has 1 heterocycles. The number of benzene rings is 2. The number of hydrogen-bond acceptors (Lipinski definition) is 5. The van der Waals surface area contributed by atoms with E-state index in [1.807, 2.05) is 19.1 Å². The molecule has 3 rings (SSSR count). The van der Waals surface area contributed by atoms with Gasteiger partial charge in [-0.1, -0.05) is 11.2 Å². The van der Waals surface area contributed by atoms with Crippen LogP contribution in [0.4, 0.5) is 11.5 Å². The van der Waals surface area contributed by atoms with Crippen LogP contribution >= 0.6 is 0 Å². The average Bonchev–Trinajstić information content (AvgIpc) is 3.06. The fourth-order valence-electron chi connectivity index (χ4n) is 2.50. The highest BCUT2D eigenvalue weighted by Gasteiger charge is 2.13. The number of amides is 2.